The van der Waals surface area contributed by atoms with Crippen molar-refractivity contribution in [2.45, 2.75) is 11.4 Å². The van der Waals surface area contributed by atoms with Crippen LogP contribution in [0.5, 0.6) is 5.75 Å². The predicted octanol–water partition coefficient (Wildman–Crippen LogP) is 4.93. The number of carbonyl (C=O) groups is 1. The summed E-state index contributed by atoms with van der Waals surface area (Å²) in [6, 6.07) is 20.1. The van der Waals surface area contributed by atoms with Gasteiger partial charge < -0.3 is 15.0 Å². The molecule has 2 aromatic carbocycles. The first-order chi connectivity index (χ1) is 13.3. The van der Waals surface area contributed by atoms with E-state index in [4.69, 9.17) is 4.74 Å². The SMILES string of the molecule is COc1ccccc1CNC(=O)c1ccc(N2CCSc3ccccc32)s1. The molecule has 3 aromatic rings. The summed E-state index contributed by atoms with van der Waals surface area (Å²) in [6.07, 6.45) is 0. The third kappa shape index (κ3) is 3.82. The Morgan fingerprint density at radius 1 is 1.11 bits per heavy atom. The largest absolute Gasteiger partial charge is 0.496 e. The van der Waals surface area contributed by atoms with Crippen molar-refractivity contribution in [2.24, 2.45) is 0 Å². The first kappa shape index (κ1) is 17.9. The lowest BCUT2D eigenvalue weighted by Gasteiger charge is -2.29. The molecule has 0 aliphatic carbocycles. The van der Waals surface area contributed by atoms with Crippen LogP contribution in [0.1, 0.15) is 15.2 Å². The summed E-state index contributed by atoms with van der Waals surface area (Å²) in [6.45, 7) is 1.39. The highest BCUT2D eigenvalue weighted by Crippen LogP contribution is 2.41. The van der Waals surface area contributed by atoms with Crippen molar-refractivity contribution in [3.05, 3.63) is 71.1 Å². The van der Waals surface area contributed by atoms with Crippen LogP contribution in [0.3, 0.4) is 0 Å². The number of carbonyl (C=O) groups excluding carboxylic acids is 1. The number of nitrogens with one attached hydrogen (secondary N) is 1. The minimum Gasteiger partial charge on any atom is -0.496 e. The quantitative estimate of drug-likeness (QED) is 0.664. The molecule has 1 amide bonds. The van der Waals surface area contributed by atoms with Gasteiger partial charge in [-0.2, -0.15) is 0 Å². The van der Waals surface area contributed by atoms with E-state index in [0.29, 0.717) is 6.54 Å². The molecule has 138 valence electrons. The molecule has 1 N–H and O–H groups in total. The maximum atomic E-state index is 12.6. The van der Waals surface area contributed by atoms with Gasteiger partial charge >= 0.3 is 0 Å². The molecule has 2 heterocycles. The Morgan fingerprint density at radius 2 is 1.93 bits per heavy atom. The average molecular weight is 397 g/mol. The number of methoxy groups -OCH3 is 1. The van der Waals surface area contributed by atoms with E-state index in [1.54, 1.807) is 7.11 Å². The number of hydrogen-bond acceptors (Lipinski definition) is 5. The number of fused-ring (bicyclic) bond motifs is 1. The number of thiophene rings is 1. The van der Waals surface area contributed by atoms with Gasteiger partial charge in [0.15, 0.2) is 0 Å². The molecule has 0 atom stereocenters. The molecule has 0 saturated heterocycles. The van der Waals surface area contributed by atoms with E-state index >= 15 is 0 Å². The molecule has 1 aliphatic rings. The van der Waals surface area contributed by atoms with E-state index in [1.165, 1.54) is 21.9 Å². The monoisotopic (exact) mass is 396 g/mol. The summed E-state index contributed by atoms with van der Waals surface area (Å²) in [5, 5.41) is 4.10. The van der Waals surface area contributed by atoms with E-state index < -0.39 is 0 Å². The normalized spacial score (nSPS) is 13.1. The zero-order chi connectivity index (χ0) is 18.6. The molecule has 27 heavy (non-hydrogen) atoms. The van der Waals surface area contributed by atoms with Gasteiger partial charge in [-0.3, -0.25) is 4.79 Å². The first-order valence-electron chi connectivity index (χ1n) is 8.75. The van der Waals surface area contributed by atoms with Crippen LogP contribution in [0, 0.1) is 0 Å². The van der Waals surface area contributed by atoms with Crippen molar-refractivity contribution in [2.75, 3.05) is 24.3 Å². The molecule has 0 radical (unpaired) electrons. The summed E-state index contributed by atoms with van der Waals surface area (Å²) in [5.41, 5.74) is 2.18. The third-order valence-electron chi connectivity index (χ3n) is 4.44. The Kier molecular flexibility index (Phi) is 5.36. The van der Waals surface area contributed by atoms with Gasteiger partial charge in [0.25, 0.3) is 5.91 Å². The third-order valence-corrected chi connectivity index (χ3v) is 6.59. The fraction of sp³-hybridized carbons (Fsp3) is 0.190. The highest BCUT2D eigenvalue weighted by atomic mass is 32.2. The minimum atomic E-state index is -0.0585. The molecule has 1 aromatic heterocycles. The zero-order valence-corrected chi connectivity index (χ0v) is 16.6. The molecule has 0 bridgehead atoms. The zero-order valence-electron chi connectivity index (χ0n) is 15.0. The van der Waals surface area contributed by atoms with Crippen LogP contribution in [-0.4, -0.2) is 25.3 Å². The fourth-order valence-corrected chi connectivity index (χ4v) is 5.06. The van der Waals surface area contributed by atoms with Crippen LogP contribution in [0.2, 0.25) is 0 Å². The van der Waals surface area contributed by atoms with Gasteiger partial charge in [0, 0.05) is 29.3 Å². The van der Waals surface area contributed by atoms with Crippen LogP contribution in [0.4, 0.5) is 10.7 Å². The molecule has 6 heteroatoms. The topological polar surface area (TPSA) is 41.6 Å². The molecule has 0 spiro atoms. The van der Waals surface area contributed by atoms with Crippen molar-refractivity contribution >= 4 is 39.7 Å². The second-order valence-electron chi connectivity index (χ2n) is 6.10. The van der Waals surface area contributed by atoms with Gasteiger partial charge in [-0.15, -0.1) is 23.1 Å². The fourth-order valence-electron chi connectivity index (χ4n) is 3.10. The van der Waals surface area contributed by atoms with Crippen LogP contribution in [0.25, 0.3) is 0 Å². The lowest BCUT2D eigenvalue weighted by molar-refractivity contribution is 0.0954. The van der Waals surface area contributed by atoms with Crippen molar-refractivity contribution in [1.82, 2.24) is 5.32 Å². The number of para-hydroxylation sites is 2. The van der Waals surface area contributed by atoms with Crippen molar-refractivity contribution < 1.29 is 9.53 Å². The molecule has 4 nitrogen and oxygen atoms in total. The molecule has 0 saturated carbocycles. The van der Waals surface area contributed by atoms with Gasteiger partial charge in [-0.1, -0.05) is 30.3 Å². The van der Waals surface area contributed by atoms with Crippen LogP contribution < -0.4 is 15.0 Å². The van der Waals surface area contributed by atoms with Gasteiger partial charge in [-0.25, -0.2) is 0 Å². The Bertz CT molecular complexity index is 955. The summed E-state index contributed by atoms with van der Waals surface area (Å²) in [5.74, 6) is 1.77. The Morgan fingerprint density at radius 3 is 2.81 bits per heavy atom. The van der Waals surface area contributed by atoms with Crippen LogP contribution >= 0.6 is 23.1 Å². The molecule has 4 rings (SSSR count). The summed E-state index contributed by atoms with van der Waals surface area (Å²) in [4.78, 5) is 16.9. The van der Waals surface area contributed by atoms with Gasteiger partial charge in [0.1, 0.15) is 5.75 Å². The maximum Gasteiger partial charge on any atom is 0.261 e. The molecule has 1 aliphatic heterocycles. The Labute approximate surface area is 167 Å². The molecular weight excluding hydrogens is 376 g/mol. The van der Waals surface area contributed by atoms with Gasteiger partial charge in [0.2, 0.25) is 0 Å². The van der Waals surface area contributed by atoms with Crippen molar-refractivity contribution in [3.63, 3.8) is 0 Å². The minimum absolute atomic E-state index is 0.0585. The Balaban J connectivity index is 1.47. The number of anilines is 2. The van der Waals surface area contributed by atoms with E-state index in [1.807, 2.05) is 48.2 Å². The van der Waals surface area contributed by atoms with Crippen molar-refractivity contribution in [3.8, 4) is 5.75 Å². The average Bonchev–Trinajstić information content (AvgIpc) is 3.22. The molecule has 0 fully saturated rings. The maximum absolute atomic E-state index is 12.6. The molecular formula is C21H20N2O2S2. The van der Waals surface area contributed by atoms with E-state index in [-0.39, 0.29) is 5.91 Å². The highest BCUT2D eigenvalue weighted by Gasteiger charge is 2.20. The number of rotatable bonds is 5. The lowest BCUT2D eigenvalue weighted by atomic mass is 10.2. The molecule has 0 unspecified atom stereocenters. The second-order valence-corrected chi connectivity index (χ2v) is 8.30. The van der Waals surface area contributed by atoms with Gasteiger partial charge in [0.05, 0.1) is 22.7 Å². The predicted molar refractivity (Wildman–Crippen MR) is 113 cm³/mol. The lowest BCUT2D eigenvalue weighted by Crippen LogP contribution is -2.23. The highest BCUT2D eigenvalue weighted by molar-refractivity contribution is 7.99. The van der Waals surface area contributed by atoms with Crippen molar-refractivity contribution in [1.29, 1.82) is 0 Å². The number of ether oxygens (including phenoxy) is 1. The summed E-state index contributed by atoms with van der Waals surface area (Å²) < 4.78 is 5.34. The van der Waals surface area contributed by atoms with E-state index in [9.17, 15) is 4.79 Å². The first-order valence-corrected chi connectivity index (χ1v) is 10.6. The number of thioether (sulfide) groups is 1. The number of hydrogen-bond donors (Lipinski definition) is 1. The van der Waals surface area contributed by atoms with E-state index in [2.05, 4.69) is 34.5 Å². The second kappa shape index (κ2) is 8.06. The van der Waals surface area contributed by atoms with Crippen LogP contribution in [-0.2, 0) is 6.54 Å². The summed E-state index contributed by atoms with van der Waals surface area (Å²) in [7, 11) is 1.64. The van der Waals surface area contributed by atoms with Gasteiger partial charge in [-0.05, 0) is 30.3 Å². The van der Waals surface area contributed by atoms with Crippen LogP contribution in [0.15, 0.2) is 65.6 Å². The number of nitrogens with zero attached hydrogens (tertiary/aromatic N) is 1. The smallest absolute Gasteiger partial charge is 0.261 e. The number of benzene rings is 2. The Hall–Kier alpha value is -2.44. The number of amides is 1. The van der Waals surface area contributed by atoms with E-state index in [0.717, 1.165) is 33.5 Å². The standard InChI is InChI=1S/C21H20N2O2S2/c1-25-17-8-4-2-6-15(17)14-22-21(24)19-10-11-20(27-19)23-12-13-26-18-9-5-3-7-16(18)23/h2-11H,12-14H2,1H3,(H,22,24). The summed E-state index contributed by atoms with van der Waals surface area (Å²) >= 11 is 3.41.